The zero-order chi connectivity index (χ0) is 57.2. The van der Waals surface area contributed by atoms with Crippen LogP contribution in [-0.2, 0) is 57.5 Å². The molecule has 0 radical (unpaired) electrons. The number of carboxylic acid groups (broad SMARTS) is 2. The van der Waals surface area contributed by atoms with E-state index in [-0.39, 0.29) is 31.8 Å². The van der Waals surface area contributed by atoms with Gasteiger partial charge in [-0.1, -0.05) is 74.7 Å². The third-order valence-electron chi connectivity index (χ3n) is 12.1. The van der Waals surface area contributed by atoms with Crippen LogP contribution in [0.2, 0.25) is 0 Å². The van der Waals surface area contributed by atoms with Gasteiger partial charge in [-0.3, -0.25) is 62.5 Å². The Hall–Kier alpha value is -7.13. The van der Waals surface area contributed by atoms with Crippen LogP contribution in [0.15, 0.2) is 4.99 Å². The van der Waals surface area contributed by atoms with Crippen LogP contribution in [0, 0.1) is 23.7 Å². The lowest BCUT2D eigenvalue weighted by Gasteiger charge is -2.31. The number of nitrogens with zero attached hydrogens (tertiary/aromatic N) is 1. The summed E-state index contributed by atoms with van der Waals surface area (Å²) in [6.07, 6.45) is -1.06. The second-order valence-corrected chi connectivity index (χ2v) is 18.7. The first kappa shape index (κ1) is 66.9. The number of nitrogens with two attached hydrogens (primary N) is 4. The van der Waals surface area contributed by atoms with Crippen LogP contribution in [0.4, 0.5) is 0 Å². The molecule has 0 saturated carbocycles. The molecule has 0 fully saturated rings. The number of carbonyl (C=O) groups excluding carboxylic acids is 10. The van der Waals surface area contributed by atoms with Gasteiger partial charge in [0.25, 0.3) is 0 Å². The summed E-state index contributed by atoms with van der Waals surface area (Å²) in [5, 5.41) is 41.4. The highest BCUT2D eigenvalue weighted by atomic mass is 16.4. The SMILES string of the molecule is CC[C@@H](C)[C@H](NC(=O)[C@H](CCCN=C(N)N)NC(=O)[C@H](CCC(=O)O)NC(=O)CNC(=O)[C@H](C)N)C(=O)N[C@H](C(=O)N[C@@H](CC(=O)O)C(=O)N[C@H](C(=O)N[C@H](C(=O)N[C@@H](C)C(N)=O)[C@@H](C)CC)[C@@H](C)CC)C(C)C. The van der Waals surface area contributed by atoms with Gasteiger partial charge in [-0.2, -0.15) is 0 Å². The molecule has 10 amide bonds. The fourth-order valence-corrected chi connectivity index (χ4v) is 6.81. The third-order valence-corrected chi connectivity index (χ3v) is 12.1. The van der Waals surface area contributed by atoms with Crippen molar-refractivity contribution >= 4 is 77.0 Å². The maximum absolute atomic E-state index is 14.2. The van der Waals surface area contributed by atoms with Crippen LogP contribution >= 0.6 is 0 Å². The first-order chi connectivity index (χ1) is 34.4. The molecule has 420 valence electrons. The van der Waals surface area contributed by atoms with Crippen LogP contribution < -0.4 is 70.8 Å². The second kappa shape index (κ2) is 33.6. The van der Waals surface area contributed by atoms with E-state index in [0.29, 0.717) is 12.8 Å². The van der Waals surface area contributed by atoms with E-state index < -0.39 is 175 Å². The molecule has 0 heterocycles. The van der Waals surface area contributed by atoms with E-state index in [4.69, 9.17) is 22.9 Å². The standard InChI is InChI=1S/C46H82N14O14/c1-11-22(6)34(43(72)53-26(10)37(48)66)60-45(74)36(24(8)13-3)59-41(70)29(19-32(64)65)56-42(71)33(21(4)5)57-44(73)35(23(7)12-2)58-40(69)27(15-14-18-51-46(49)50)55-39(68)28(16-17-31(62)63)54-30(61)20-52-38(67)25(9)47/h21-29,33-36H,11-20,47H2,1-10H3,(H2,48,66)(H,52,67)(H,53,72)(H,54,61)(H,55,68)(H,56,71)(H,57,73)(H,58,69)(H,59,70)(H,60,74)(H,62,63)(H,64,65)(H4,49,50,51)/t22-,23+,24-,25-,26-,27-,28-,29-,33-,34-,35-,36-/m0/s1. The largest absolute Gasteiger partial charge is 0.481 e. The Balaban J connectivity index is 6.76. The van der Waals surface area contributed by atoms with E-state index in [9.17, 15) is 67.7 Å². The predicted molar refractivity (Wildman–Crippen MR) is 269 cm³/mol. The minimum absolute atomic E-state index is 0.0102. The number of hydrogen-bond acceptors (Lipinski definition) is 14. The molecule has 0 aliphatic rings. The van der Waals surface area contributed by atoms with Gasteiger partial charge in [-0.25, -0.2) is 0 Å². The van der Waals surface area contributed by atoms with E-state index in [0.717, 1.165) is 0 Å². The van der Waals surface area contributed by atoms with Crippen molar-refractivity contribution in [1.82, 2.24) is 47.9 Å². The molecule has 0 aromatic carbocycles. The summed E-state index contributed by atoms with van der Waals surface area (Å²) < 4.78 is 0. The van der Waals surface area contributed by atoms with Crippen molar-refractivity contribution in [2.24, 2.45) is 51.6 Å². The number of carbonyl (C=O) groups is 12. The van der Waals surface area contributed by atoms with Crippen molar-refractivity contribution in [2.75, 3.05) is 13.1 Å². The van der Waals surface area contributed by atoms with E-state index in [2.05, 4.69) is 52.8 Å². The van der Waals surface area contributed by atoms with Gasteiger partial charge in [-0.15, -0.1) is 0 Å². The highest BCUT2D eigenvalue weighted by molar-refractivity contribution is 5.99. The molecule has 74 heavy (non-hydrogen) atoms. The maximum Gasteiger partial charge on any atom is 0.305 e. The Morgan fingerprint density at radius 2 is 0.892 bits per heavy atom. The number of aliphatic imine (C=N–C) groups is 1. The zero-order valence-electron chi connectivity index (χ0n) is 44.1. The molecule has 0 spiro atoms. The summed E-state index contributed by atoms with van der Waals surface area (Å²) in [4.78, 5) is 161. The molecule has 12 atom stereocenters. The van der Waals surface area contributed by atoms with E-state index in [1.54, 1.807) is 55.4 Å². The molecule has 28 heteroatoms. The predicted octanol–water partition coefficient (Wildman–Crippen LogP) is -3.98. The molecule has 0 aromatic rings. The average Bonchev–Trinajstić information content (AvgIpc) is 3.32. The zero-order valence-corrected chi connectivity index (χ0v) is 44.1. The quantitative estimate of drug-likeness (QED) is 0.0163. The number of nitrogens with one attached hydrogen (secondary N) is 9. The van der Waals surface area contributed by atoms with Gasteiger partial charge in [0.15, 0.2) is 5.96 Å². The highest BCUT2D eigenvalue weighted by Gasteiger charge is 2.38. The van der Waals surface area contributed by atoms with E-state index in [1.165, 1.54) is 13.8 Å². The molecular formula is C46H82N14O14. The molecule has 19 N–H and O–H groups in total. The maximum atomic E-state index is 14.2. The molecule has 28 nitrogen and oxygen atoms in total. The normalized spacial score (nSPS) is 15.9. The highest BCUT2D eigenvalue weighted by Crippen LogP contribution is 2.15. The number of guanidine groups is 1. The Bertz CT molecular complexity index is 2000. The van der Waals surface area contributed by atoms with Gasteiger partial charge in [0.2, 0.25) is 59.1 Å². The summed E-state index contributed by atoms with van der Waals surface area (Å²) in [7, 11) is 0. The van der Waals surface area contributed by atoms with Crippen LogP contribution in [0.5, 0.6) is 0 Å². The second-order valence-electron chi connectivity index (χ2n) is 18.7. The van der Waals surface area contributed by atoms with E-state index in [1.807, 2.05) is 0 Å². The molecule has 0 bridgehead atoms. The summed E-state index contributed by atoms with van der Waals surface area (Å²) in [6, 6.07) is -12.2. The monoisotopic (exact) mass is 1050 g/mol. The molecular weight excluding hydrogens is 973 g/mol. The topological polar surface area (TPSA) is 470 Å². The Morgan fingerprint density at radius 3 is 1.31 bits per heavy atom. The Labute approximate surface area is 431 Å². The Kier molecular flexibility index (Phi) is 30.3. The summed E-state index contributed by atoms with van der Waals surface area (Å²) >= 11 is 0. The fourth-order valence-electron chi connectivity index (χ4n) is 6.81. The van der Waals surface area contributed by atoms with Crippen molar-refractivity contribution in [3.8, 4) is 0 Å². The average molecular weight is 1060 g/mol. The van der Waals surface area contributed by atoms with Crippen LogP contribution in [0.1, 0.15) is 121 Å². The van der Waals surface area contributed by atoms with Crippen molar-refractivity contribution in [2.45, 2.75) is 175 Å². The number of hydrogen-bond donors (Lipinski definition) is 15. The number of carboxylic acids is 2. The molecule has 0 unspecified atom stereocenters. The molecule has 0 aliphatic heterocycles. The number of aliphatic carboxylic acids is 2. The van der Waals surface area contributed by atoms with Crippen LogP contribution in [0.3, 0.4) is 0 Å². The Morgan fingerprint density at radius 1 is 0.486 bits per heavy atom. The molecule has 0 aromatic heterocycles. The fraction of sp³-hybridized carbons (Fsp3) is 0.717. The lowest BCUT2D eigenvalue weighted by atomic mass is 9.94. The van der Waals surface area contributed by atoms with Gasteiger partial charge >= 0.3 is 11.9 Å². The lowest BCUT2D eigenvalue weighted by Crippen LogP contribution is -2.62. The van der Waals surface area contributed by atoms with Gasteiger partial charge < -0.3 is 81.0 Å². The van der Waals surface area contributed by atoms with Gasteiger partial charge in [0, 0.05) is 13.0 Å². The first-order valence-electron chi connectivity index (χ1n) is 24.7. The van der Waals surface area contributed by atoms with E-state index >= 15 is 0 Å². The summed E-state index contributed by atoms with van der Waals surface area (Å²) in [5.41, 5.74) is 21.7. The van der Waals surface area contributed by atoms with Gasteiger partial charge in [0.05, 0.1) is 19.0 Å². The first-order valence-corrected chi connectivity index (χ1v) is 24.7. The molecule has 0 rings (SSSR count). The van der Waals surface area contributed by atoms with Gasteiger partial charge in [0.1, 0.15) is 48.3 Å². The van der Waals surface area contributed by atoms with Crippen LogP contribution in [0.25, 0.3) is 0 Å². The van der Waals surface area contributed by atoms with Gasteiger partial charge in [-0.05, 0) is 56.8 Å². The van der Waals surface area contributed by atoms with Crippen molar-refractivity contribution in [3.05, 3.63) is 0 Å². The number of amides is 10. The number of primary amides is 1. The molecule has 0 saturated heterocycles. The lowest BCUT2D eigenvalue weighted by molar-refractivity contribution is -0.142. The number of rotatable bonds is 35. The van der Waals surface area contributed by atoms with Crippen molar-refractivity contribution in [3.63, 3.8) is 0 Å². The smallest absolute Gasteiger partial charge is 0.305 e. The summed E-state index contributed by atoms with van der Waals surface area (Å²) in [6.45, 7) is 15.3. The van der Waals surface area contributed by atoms with Crippen molar-refractivity contribution < 1.29 is 67.7 Å². The minimum Gasteiger partial charge on any atom is -0.481 e. The van der Waals surface area contributed by atoms with Crippen LogP contribution in [-0.4, -0.2) is 155 Å². The molecule has 0 aliphatic carbocycles. The minimum atomic E-state index is -1.81. The summed E-state index contributed by atoms with van der Waals surface area (Å²) in [5.74, 6) is -14.3. The third kappa shape index (κ3) is 24.5. The van der Waals surface area contributed by atoms with Crippen molar-refractivity contribution in [1.29, 1.82) is 0 Å².